The number of esters is 3. The SMILES string of the molecule is CCOC(=O)C1=C(CN2C[C@@H](/C=C/C(=O)O)CC(F)(F)C2)NC(c2nccs2)=N[C@H]1c1ccc(F)cc1Br.COC(=O)C1=C(CN2CCO[C@H](/C=C/C(=O)O)C2)NC(c2nccs2)=N[C@H]1c1cccc(F)c1Br.COC(=O)C1=C(CN2C[C@@H](/C=C/C(=O)O)CC(F)(F)C2)NC(c2nccs2)=N[C@H]1c1ccc(F)cc1Br. The molecule has 6 N–H and O–H groups in total. The van der Waals surface area contributed by atoms with Crippen LogP contribution in [0.4, 0.5) is 30.7 Å². The summed E-state index contributed by atoms with van der Waals surface area (Å²) in [7, 11) is 2.48. The zero-order valence-electron chi connectivity index (χ0n) is 58.2. The van der Waals surface area contributed by atoms with E-state index < -0.39 is 127 Å². The topological polar surface area (TPSA) is 322 Å². The number of carbonyl (C=O) groups excluding carboxylic acids is 3. The number of carbonyl (C=O) groups is 6. The fourth-order valence-corrected chi connectivity index (χ4v) is 16.2. The normalized spacial score (nSPS) is 21.6. The molecule has 6 atom stereocenters. The van der Waals surface area contributed by atoms with E-state index in [2.05, 4.69) is 83.7 Å². The van der Waals surface area contributed by atoms with Gasteiger partial charge in [-0.1, -0.05) is 68.3 Å². The van der Waals surface area contributed by atoms with Crippen LogP contribution in [-0.2, 0) is 47.7 Å². The Bertz CT molecular complexity index is 4700. The van der Waals surface area contributed by atoms with E-state index in [1.807, 2.05) is 10.3 Å². The number of thiazole rings is 3. The minimum atomic E-state index is -3.07. The largest absolute Gasteiger partial charge is 0.478 e. The number of hydrogen-bond donors (Lipinski definition) is 6. The van der Waals surface area contributed by atoms with Crippen LogP contribution in [0.2, 0.25) is 0 Å². The number of aliphatic imine (C=N–C) groups is 3. The third-order valence-corrected chi connectivity index (χ3v) is 21.7. The minimum Gasteiger partial charge on any atom is -0.478 e. The maximum absolute atomic E-state index is 14.7. The summed E-state index contributed by atoms with van der Waals surface area (Å²) < 4.78 is 123. The lowest BCUT2D eigenvalue weighted by Crippen LogP contribution is -2.49. The summed E-state index contributed by atoms with van der Waals surface area (Å²) in [5.74, 6) is -13.4. The van der Waals surface area contributed by atoms with Crippen molar-refractivity contribution in [1.29, 1.82) is 0 Å². The summed E-state index contributed by atoms with van der Waals surface area (Å²) in [4.78, 5) is 104. The summed E-state index contributed by atoms with van der Waals surface area (Å²) in [6.45, 7) is 2.32. The Morgan fingerprint density at radius 2 is 0.982 bits per heavy atom. The Morgan fingerprint density at radius 1 is 0.573 bits per heavy atom. The van der Waals surface area contributed by atoms with E-state index in [0.29, 0.717) is 95.8 Å². The standard InChI is InChI=1S/C25H24BrF3N4O4S.C24H22BrF3N4O4S.C23H22BrFN4O5S/c1-2-37-24(36)20-18(12-33-11-14(3-6-19(34)35)10-25(28,29)13-33)31-22(23-30-7-8-38-23)32-21(20)16-5-4-15(27)9-17(16)26;1-36-23(35)19-17(11-32-10-13(2-5-18(33)34)9-24(27,28)12-32)30-21(22-29-6-7-37-22)31-20(19)15-4-3-14(26)8-16(15)25;1-33-23(32)18-16(12-29-8-9-34-13(11-29)5-6-17(30)31)27-21(22-26-7-10-35-22)28-20(18)14-3-2-4-15(25)19(14)24/h3-9,14,21H,2,10-13H2,1H3,(H,31,32)(H,34,35);2-8,13,20H,9-12H2,1H3,(H,30,31)(H,33,34);2-7,10,13,20H,8-9,11-12H2,1H3,(H,27,28)(H,30,31)/b6-3+;5-2+;6-5+/t14-,21-;13-,20-;13-,20+/m001/s1. The molecule has 3 aromatic carbocycles. The minimum absolute atomic E-state index is 0.0693. The molecule has 3 fully saturated rings. The number of benzene rings is 3. The van der Waals surface area contributed by atoms with Gasteiger partial charge in [-0.3, -0.25) is 29.7 Å². The third-order valence-electron chi connectivity index (χ3n) is 17.2. The van der Waals surface area contributed by atoms with Crippen LogP contribution in [0, 0.1) is 29.3 Å². The van der Waals surface area contributed by atoms with Gasteiger partial charge in [-0.2, -0.15) is 0 Å². The molecule has 6 aliphatic heterocycles. The molecule has 9 heterocycles. The van der Waals surface area contributed by atoms with Gasteiger partial charge >= 0.3 is 35.8 Å². The fourth-order valence-electron chi connectivity index (χ4n) is 12.8. The number of aliphatic carboxylic acids is 3. The third kappa shape index (κ3) is 22.0. The van der Waals surface area contributed by atoms with Gasteiger partial charge in [-0.25, -0.2) is 74.5 Å². The summed E-state index contributed by atoms with van der Waals surface area (Å²) in [5.41, 5.74) is 2.99. The average molecular weight is 1780 g/mol. The van der Waals surface area contributed by atoms with E-state index in [4.69, 9.17) is 44.3 Å². The van der Waals surface area contributed by atoms with Gasteiger partial charge in [0.1, 0.15) is 35.6 Å². The molecule has 0 amide bonds. The number of methoxy groups -OCH3 is 2. The molecule has 0 unspecified atom stereocenters. The highest BCUT2D eigenvalue weighted by Crippen LogP contribution is 2.43. The summed E-state index contributed by atoms with van der Waals surface area (Å²) >= 11 is 14.0. The first-order valence-electron chi connectivity index (χ1n) is 33.4. The number of morpholine rings is 1. The molecule has 12 rings (SSSR count). The molecule has 0 bridgehead atoms. The molecule has 110 heavy (non-hydrogen) atoms. The van der Waals surface area contributed by atoms with E-state index in [1.54, 1.807) is 48.4 Å². The number of nitrogens with one attached hydrogen (secondary N) is 3. The Hall–Kier alpha value is -8.99. The lowest BCUT2D eigenvalue weighted by atomic mass is 9.92. The van der Waals surface area contributed by atoms with E-state index in [-0.39, 0.29) is 59.7 Å². The quantitative estimate of drug-likeness (QED) is 0.0159. The molecule has 0 aliphatic carbocycles. The fraction of sp³-hybridized carbons (Fsp3) is 0.333. The van der Waals surface area contributed by atoms with Gasteiger partial charge in [0.2, 0.25) is 0 Å². The van der Waals surface area contributed by atoms with Crippen LogP contribution in [0.5, 0.6) is 0 Å². The maximum Gasteiger partial charge on any atom is 0.338 e. The summed E-state index contributed by atoms with van der Waals surface area (Å²) in [6.07, 6.45) is 10.2. The number of halogens is 10. The smallest absolute Gasteiger partial charge is 0.338 e. The van der Waals surface area contributed by atoms with Crippen molar-refractivity contribution in [1.82, 2.24) is 45.6 Å². The second-order valence-corrected chi connectivity index (χ2v) is 30.3. The average Bonchev–Trinajstić information content (AvgIpc) is 1.01. The van der Waals surface area contributed by atoms with Crippen molar-refractivity contribution < 1.29 is 93.8 Å². The molecule has 25 nitrogen and oxygen atoms in total. The second kappa shape index (κ2) is 37.8. The molecular weight excluding hydrogens is 1710 g/mol. The van der Waals surface area contributed by atoms with Crippen molar-refractivity contribution in [3.63, 3.8) is 0 Å². The van der Waals surface area contributed by atoms with Crippen molar-refractivity contribution in [3.8, 4) is 0 Å². The van der Waals surface area contributed by atoms with E-state index in [1.165, 1.54) is 119 Å². The monoisotopic (exact) mass is 1770 g/mol. The molecule has 3 aromatic heterocycles. The highest BCUT2D eigenvalue weighted by Gasteiger charge is 2.44. The zero-order valence-corrected chi connectivity index (χ0v) is 65.4. The zero-order chi connectivity index (χ0) is 79.1. The number of piperidine rings is 2. The Morgan fingerprint density at radius 3 is 1.37 bits per heavy atom. The molecule has 6 aromatic rings. The van der Waals surface area contributed by atoms with Crippen molar-refractivity contribution in [3.05, 3.63) is 222 Å². The van der Waals surface area contributed by atoms with Crippen LogP contribution in [-0.4, -0.2) is 203 Å². The number of carboxylic acids is 3. The van der Waals surface area contributed by atoms with Crippen molar-refractivity contribution in [2.24, 2.45) is 26.8 Å². The molecule has 582 valence electrons. The second-order valence-electron chi connectivity index (χ2n) is 25.1. The number of aromatic nitrogens is 3. The number of carboxylic acid groups (broad SMARTS) is 3. The number of amidine groups is 3. The number of rotatable bonds is 22. The molecule has 0 spiro atoms. The lowest BCUT2D eigenvalue weighted by molar-refractivity contribution is -0.139. The van der Waals surface area contributed by atoms with Gasteiger partial charge in [0, 0.05) is 138 Å². The molecule has 0 radical (unpaired) electrons. The van der Waals surface area contributed by atoms with Gasteiger partial charge in [0.25, 0.3) is 11.8 Å². The van der Waals surface area contributed by atoms with Gasteiger partial charge < -0.3 is 50.2 Å². The Balaban J connectivity index is 0.000000176. The molecule has 38 heteroatoms. The molecular formula is C72H68Br3F7N12O13S3. The highest BCUT2D eigenvalue weighted by molar-refractivity contribution is 9.11. The van der Waals surface area contributed by atoms with E-state index >= 15 is 0 Å². The molecule has 3 saturated heterocycles. The van der Waals surface area contributed by atoms with Gasteiger partial charge in [0.05, 0.1) is 67.8 Å². The summed E-state index contributed by atoms with van der Waals surface area (Å²) in [5, 5.41) is 43.1. The van der Waals surface area contributed by atoms with Crippen LogP contribution < -0.4 is 16.0 Å². The van der Waals surface area contributed by atoms with Gasteiger partial charge in [-0.15, -0.1) is 34.0 Å². The predicted molar refractivity (Wildman–Crippen MR) is 403 cm³/mol. The van der Waals surface area contributed by atoms with E-state index in [0.717, 1.165) is 18.2 Å². The van der Waals surface area contributed by atoms with Crippen LogP contribution in [0.3, 0.4) is 0 Å². The number of ether oxygens (including phenoxy) is 4. The molecule has 0 saturated carbocycles. The Kier molecular flexibility index (Phi) is 28.7. The lowest BCUT2D eigenvalue weighted by Gasteiger charge is -2.38. The van der Waals surface area contributed by atoms with E-state index in [9.17, 15) is 59.5 Å². The van der Waals surface area contributed by atoms with Crippen LogP contribution in [0.15, 0.2) is 188 Å². The first kappa shape index (κ1) is 83.5. The number of nitrogens with zero attached hydrogens (tertiary/aromatic N) is 9. The summed E-state index contributed by atoms with van der Waals surface area (Å²) in [6, 6.07) is 9.83. The number of likely N-dealkylation sites (tertiary alicyclic amines) is 2. The van der Waals surface area contributed by atoms with Crippen molar-refractivity contribution >= 4 is 135 Å². The molecule has 6 aliphatic rings. The maximum atomic E-state index is 14.7. The van der Waals surface area contributed by atoms with Crippen molar-refractivity contribution in [2.75, 3.05) is 86.3 Å². The van der Waals surface area contributed by atoms with Gasteiger partial charge in [0.15, 0.2) is 32.5 Å². The van der Waals surface area contributed by atoms with Crippen molar-refractivity contribution in [2.45, 2.75) is 55.8 Å². The number of hydrogen-bond acceptors (Lipinski definition) is 25. The van der Waals surface area contributed by atoms with Crippen LogP contribution in [0.1, 0.15) is 69.6 Å². The Labute approximate surface area is 661 Å². The predicted octanol–water partition coefficient (Wildman–Crippen LogP) is 11.6. The van der Waals surface area contributed by atoms with Crippen LogP contribution >= 0.6 is 81.8 Å². The highest BCUT2D eigenvalue weighted by atomic mass is 79.9. The number of alkyl halides is 4. The first-order chi connectivity index (χ1) is 52.5. The van der Waals surface area contributed by atoms with Crippen LogP contribution in [0.25, 0.3) is 0 Å². The first-order valence-corrected chi connectivity index (χ1v) is 38.4. The van der Waals surface area contributed by atoms with Gasteiger partial charge in [-0.05, 0) is 87.8 Å².